The van der Waals surface area contributed by atoms with Gasteiger partial charge in [-0.3, -0.25) is 14.4 Å². The highest BCUT2D eigenvalue weighted by Gasteiger charge is 2.52. The molecular formula is C14H21N3O9. The largest absolute Gasteiger partial charge is 0.456 e. The van der Waals surface area contributed by atoms with Gasteiger partial charge < -0.3 is 28.8 Å². The summed E-state index contributed by atoms with van der Waals surface area (Å²) in [7, 11) is 0. The Morgan fingerprint density at radius 3 is 2.08 bits per heavy atom. The van der Waals surface area contributed by atoms with Gasteiger partial charge in [-0.05, 0) is 5.53 Å². The third-order valence-electron chi connectivity index (χ3n) is 3.21. The molecule has 0 bridgehead atoms. The van der Waals surface area contributed by atoms with Gasteiger partial charge in [-0.15, -0.1) is 0 Å². The maximum Gasteiger partial charge on any atom is 0.303 e. The van der Waals surface area contributed by atoms with E-state index < -0.39 is 55.2 Å². The van der Waals surface area contributed by atoms with Gasteiger partial charge in [0.25, 0.3) is 0 Å². The number of ether oxygens (including phenoxy) is 5. The van der Waals surface area contributed by atoms with Crippen LogP contribution in [0.15, 0.2) is 5.11 Å². The molecule has 1 saturated heterocycles. The summed E-state index contributed by atoms with van der Waals surface area (Å²) in [6, 6.07) is 0. The van der Waals surface area contributed by atoms with E-state index in [2.05, 4.69) is 10.0 Å². The highest BCUT2D eigenvalue weighted by Crippen LogP contribution is 2.29. The molecule has 1 aliphatic rings. The van der Waals surface area contributed by atoms with Crippen LogP contribution in [0.3, 0.4) is 0 Å². The second-order valence-electron chi connectivity index (χ2n) is 5.27. The molecule has 1 N–H and O–H groups in total. The zero-order valence-electron chi connectivity index (χ0n) is 14.6. The molecule has 0 saturated carbocycles. The van der Waals surface area contributed by atoms with Crippen LogP contribution >= 0.6 is 0 Å². The third kappa shape index (κ3) is 6.48. The Labute approximate surface area is 148 Å². The summed E-state index contributed by atoms with van der Waals surface area (Å²) in [6.45, 7) is 2.67. The molecule has 1 aliphatic heterocycles. The lowest BCUT2D eigenvalue weighted by Crippen LogP contribution is -2.62. The van der Waals surface area contributed by atoms with E-state index in [0.29, 0.717) is 0 Å². The van der Waals surface area contributed by atoms with Crippen LogP contribution in [0.25, 0.3) is 10.4 Å². The SMILES string of the molecule is CC(=O)O[C@H]1[C@H](OC(C)=O)[C@@H](OC(C)=O)C(OCCN=[N+]=[N-])O[C@@H]1CO. The Balaban J connectivity index is 3.12. The number of hydrogen-bond acceptors (Lipinski definition) is 10. The Morgan fingerprint density at radius 1 is 1.04 bits per heavy atom. The smallest absolute Gasteiger partial charge is 0.303 e. The summed E-state index contributed by atoms with van der Waals surface area (Å²) >= 11 is 0. The monoisotopic (exact) mass is 375 g/mol. The van der Waals surface area contributed by atoms with Crippen LogP contribution in [0.2, 0.25) is 0 Å². The normalized spacial score (nSPS) is 27.8. The van der Waals surface area contributed by atoms with Crippen LogP contribution in [0, 0.1) is 0 Å². The number of carbonyl (C=O) groups is 3. The first-order valence-corrected chi connectivity index (χ1v) is 7.70. The minimum absolute atomic E-state index is 0.0292. The highest BCUT2D eigenvalue weighted by molar-refractivity contribution is 5.68. The molecule has 1 fully saturated rings. The molecule has 0 spiro atoms. The zero-order valence-corrected chi connectivity index (χ0v) is 14.6. The van der Waals surface area contributed by atoms with Gasteiger partial charge in [-0.1, -0.05) is 5.11 Å². The molecule has 1 rings (SSSR count). The van der Waals surface area contributed by atoms with Crippen molar-refractivity contribution in [2.24, 2.45) is 5.11 Å². The van der Waals surface area contributed by atoms with Crippen molar-refractivity contribution >= 4 is 17.9 Å². The second kappa shape index (κ2) is 10.6. The first kappa shape index (κ1) is 21.6. The van der Waals surface area contributed by atoms with Crippen molar-refractivity contribution in [2.45, 2.75) is 51.5 Å². The maximum atomic E-state index is 11.5. The Kier molecular flexibility index (Phi) is 8.79. The van der Waals surface area contributed by atoms with Crippen LogP contribution < -0.4 is 0 Å². The molecule has 0 aliphatic carbocycles. The molecule has 0 aromatic rings. The molecule has 1 unspecified atom stereocenters. The maximum absolute atomic E-state index is 11.5. The predicted octanol–water partition coefficient (Wildman–Crippen LogP) is -0.174. The molecule has 146 valence electrons. The van der Waals surface area contributed by atoms with Crippen molar-refractivity contribution in [3.63, 3.8) is 0 Å². The molecule has 12 nitrogen and oxygen atoms in total. The van der Waals surface area contributed by atoms with E-state index in [-0.39, 0.29) is 13.2 Å². The molecule has 12 heteroatoms. The number of esters is 3. The van der Waals surface area contributed by atoms with Gasteiger partial charge in [0.2, 0.25) is 0 Å². The average Bonchev–Trinajstić information content (AvgIpc) is 2.54. The quantitative estimate of drug-likeness (QED) is 0.151. The summed E-state index contributed by atoms with van der Waals surface area (Å²) in [5.74, 6) is -2.15. The number of azide groups is 1. The van der Waals surface area contributed by atoms with Gasteiger partial charge in [0.05, 0.1) is 13.2 Å². The third-order valence-corrected chi connectivity index (χ3v) is 3.21. The molecule has 0 amide bonds. The van der Waals surface area contributed by atoms with Gasteiger partial charge in [0.15, 0.2) is 24.6 Å². The summed E-state index contributed by atoms with van der Waals surface area (Å²) in [5, 5.41) is 12.8. The molecule has 1 heterocycles. The van der Waals surface area contributed by atoms with Gasteiger partial charge in [0.1, 0.15) is 6.10 Å². The Hall–Kier alpha value is -2.40. The number of aliphatic hydroxyl groups excluding tert-OH is 1. The van der Waals surface area contributed by atoms with Crippen molar-refractivity contribution < 1.29 is 43.2 Å². The first-order chi connectivity index (χ1) is 12.3. The molecule has 0 aromatic heterocycles. The summed E-state index contributed by atoms with van der Waals surface area (Å²) in [5.41, 5.74) is 8.28. The van der Waals surface area contributed by atoms with E-state index in [0.717, 1.165) is 20.8 Å². The Bertz CT molecular complexity index is 564. The fourth-order valence-electron chi connectivity index (χ4n) is 2.39. The number of rotatable bonds is 8. The number of hydrogen-bond donors (Lipinski definition) is 1. The van der Waals surface area contributed by atoms with Crippen molar-refractivity contribution in [2.75, 3.05) is 19.8 Å². The van der Waals surface area contributed by atoms with E-state index in [1.165, 1.54) is 0 Å². The molecule has 0 aromatic carbocycles. The molecule has 0 radical (unpaired) electrons. The number of carbonyl (C=O) groups excluding carboxylic acids is 3. The predicted molar refractivity (Wildman–Crippen MR) is 82.4 cm³/mol. The fraction of sp³-hybridized carbons (Fsp3) is 0.786. The van der Waals surface area contributed by atoms with Crippen LogP contribution in [-0.2, 0) is 38.1 Å². The zero-order chi connectivity index (χ0) is 19.7. The van der Waals surface area contributed by atoms with Gasteiger partial charge in [-0.25, -0.2) is 0 Å². The lowest BCUT2D eigenvalue weighted by molar-refractivity contribution is -0.307. The summed E-state index contributed by atoms with van der Waals surface area (Å²) < 4.78 is 26.3. The van der Waals surface area contributed by atoms with Gasteiger partial charge in [-0.2, -0.15) is 0 Å². The van der Waals surface area contributed by atoms with Gasteiger partial charge in [0, 0.05) is 32.2 Å². The average molecular weight is 375 g/mol. The van der Waals surface area contributed by atoms with Crippen molar-refractivity contribution in [1.82, 2.24) is 0 Å². The van der Waals surface area contributed by atoms with Crippen LogP contribution in [0.1, 0.15) is 20.8 Å². The Morgan fingerprint density at radius 2 is 1.58 bits per heavy atom. The minimum atomic E-state index is -1.27. The van der Waals surface area contributed by atoms with E-state index in [9.17, 15) is 19.5 Å². The van der Waals surface area contributed by atoms with Crippen molar-refractivity contribution in [3.05, 3.63) is 10.4 Å². The standard InChI is InChI=1S/C14H21N3O9/c1-7(19)23-11-10(6-18)26-14(22-5-4-16-17-15)13(25-9(3)21)12(11)24-8(2)20/h10-14,18H,4-6H2,1-3H3/t10-,11-,12+,13-,14?/m1/s1. The number of nitrogens with zero attached hydrogens (tertiary/aromatic N) is 3. The summed E-state index contributed by atoms with van der Waals surface area (Å²) in [4.78, 5) is 36.9. The molecular weight excluding hydrogens is 354 g/mol. The van der Waals surface area contributed by atoms with Gasteiger partial charge >= 0.3 is 17.9 Å². The topological polar surface area (TPSA) is 166 Å². The van der Waals surface area contributed by atoms with E-state index >= 15 is 0 Å². The second-order valence-corrected chi connectivity index (χ2v) is 5.27. The molecule has 5 atom stereocenters. The molecule has 26 heavy (non-hydrogen) atoms. The highest BCUT2D eigenvalue weighted by atomic mass is 16.7. The van der Waals surface area contributed by atoms with E-state index in [1.54, 1.807) is 0 Å². The fourth-order valence-corrected chi connectivity index (χ4v) is 2.39. The van der Waals surface area contributed by atoms with Crippen molar-refractivity contribution in [3.8, 4) is 0 Å². The first-order valence-electron chi connectivity index (χ1n) is 7.70. The van der Waals surface area contributed by atoms with Crippen LogP contribution in [0.5, 0.6) is 0 Å². The van der Waals surface area contributed by atoms with E-state index in [1.807, 2.05) is 0 Å². The van der Waals surface area contributed by atoms with Crippen LogP contribution in [0.4, 0.5) is 0 Å². The number of aliphatic hydroxyl groups is 1. The van der Waals surface area contributed by atoms with Crippen molar-refractivity contribution in [1.29, 1.82) is 0 Å². The summed E-state index contributed by atoms with van der Waals surface area (Å²) in [6.07, 6.45) is -6.10. The lowest BCUT2D eigenvalue weighted by Gasteiger charge is -2.43. The van der Waals surface area contributed by atoms with E-state index in [4.69, 9.17) is 29.2 Å². The lowest BCUT2D eigenvalue weighted by atomic mass is 9.98. The minimum Gasteiger partial charge on any atom is -0.456 e. The van der Waals surface area contributed by atoms with Crippen LogP contribution in [-0.4, -0.2) is 73.5 Å².